The number of thiophene rings is 1. The molecule has 0 aliphatic carbocycles. The Labute approximate surface area is 122 Å². The molecule has 0 saturated heterocycles. The van der Waals surface area contributed by atoms with Crippen molar-refractivity contribution in [3.05, 3.63) is 42.4 Å². The number of aromatic nitrogens is 2. The number of fused-ring (bicyclic) bond motifs is 1. The summed E-state index contributed by atoms with van der Waals surface area (Å²) in [6, 6.07) is 10.6. The molecule has 4 heteroatoms. The number of nitrogens with zero attached hydrogens (tertiary/aromatic N) is 1. The summed E-state index contributed by atoms with van der Waals surface area (Å²) in [5, 5.41) is 1.27. The van der Waals surface area contributed by atoms with Gasteiger partial charge in [-0.1, -0.05) is 31.5 Å². The molecule has 0 saturated carbocycles. The molecule has 0 fully saturated rings. The lowest BCUT2D eigenvalue weighted by molar-refractivity contribution is 0.423. The zero-order valence-electron chi connectivity index (χ0n) is 11.8. The summed E-state index contributed by atoms with van der Waals surface area (Å²) in [5.41, 5.74) is 6.99. The Balaban J connectivity index is 1.97. The van der Waals surface area contributed by atoms with Gasteiger partial charge in [-0.2, -0.15) is 0 Å². The Morgan fingerprint density at radius 3 is 2.90 bits per heavy atom. The maximum atomic E-state index is 6.32. The van der Waals surface area contributed by atoms with Crippen molar-refractivity contribution >= 4 is 21.4 Å². The standard InChI is InChI=1S/C16H19N3S/c1-3-8-16(2,17)15-18-10-12(19-15)14-9-11-6-4-5-7-13(11)20-14/h4-7,9-10H,3,8,17H2,1-2H3,(H,18,19). The van der Waals surface area contributed by atoms with E-state index in [0.717, 1.165) is 24.4 Å². The maximum absolute atomic E-state index is 6.32. The van der Waals surface area contributed by atoms with Gasteiger partial charge in [-0.25, -0.2) is 4.98 Å². The topological polar surface area (TPSA) is 54.7 Å². The highest BCUT2D eigenvalue weighted by Crippen LogP contribution is 2.33. The van der Waals surface area contributed by atoms with E-state index >= 15 is 0 Å². The molecule has 1 atom stereocenters. The Kier molecular flexibility index (Phi) is 3.36. The number of aromatic amines is 1. The fraction of sp³-hybridized carbons (Fsp3) is 0.312. The van der Waals surface area contributed by atoms with Crippen molar-refractivity contribution in [3.63, 3.8) is 0 Å². The molecule has 0 amide bonds. The van der Waals surface area contributed by atoms with Gasteiger partial charge in [-0.15, -0.1) is 11.3 Å². The third kappa shape index (κ3) is 2.37. The van der Waals surface area contributed by atoms with Crippen LogP contribution in [0, 0.1) is 0 Å². The molecular weight excluding hydrogens is 266 g/mol. The van der Waals surface area contributed by atoms with Crippen LogP contribution < -0.4 is 5.73 Å². The Bertz CT molecular complexity index is 691. The van der Waals surface area contributed by atoms with Crippen LogP contribution in [0.15, 0.2) is 36.5 Å². The van der Waals surface area contributed by atoms with Crippen LogP contribution in [-0.4, -0.2) is 9.97 Å². The molecule has 1 aromatic carbocycles. The fourth-order valence-corrected chi connectivity index (χ4v) is 3.52. The van der Waals surface area contributed by atoms with E-state index in [1.807, 2.05) is 13.1 Å². The smallest absolute Gasteiger partial charge is 0.126 e. The highest BCUT2D eigenvalue weighted by molar-refractivity contribution is 7.22. The van der Waals surface area contributed by atoms with Gasteiger partial charge in [0.25, 0.3) is 0 Å². The lowest BCUT2D eigenvalue weighted by atomic mass is 9.97. The molecule has 0 bridgehead atoms. The summed E-state index contributed by atoms with van der Waals surface area (Å²) in [5.74, 6) is 0.867. The first-order chi connectivity index (χ1) is 9.60. The second kappa shape index (κ2) is 5.04. The molecule has 3 rings (SSSR count). The van der Waals surface area contributed by atoms with Crippen molar-refractivity contribution in [3.8, 4) is 10.6 Å². The number of hydrogen-bond donors (Lipinski definition) is 2. The van der Waals surface area contributed by atoms with Crippen LogP contribution in [0.1, 0.15) is 32.5 Å². The van der Waals surface area contributed by atoms with Gasteiger partial charge in [0.05, 0.1) is 22.3 Å². The molecule has 3 aromatic rings. The van der Waals surface area contributed by atoms with Crippen molar-refractivity contribution in [2.24, 2.45) is 5.73 Å². The molecular formula is C16H19N3S. The molecule has 104 valence electrons. The van der Waals surface area contributed by atoms with Crippen LogP contribution in [0.5, 0.6) is 0 Å². The number of hydrogen-bond acceptors (Lipinski definition) is 3. The molecule has 0 spiro atoms. The summed E-state index contributed by atoms with van der Waals surface area (Å²) >= 11 is 1.78. The van der Waals surface area contributed by atoms with Crippen molar-refractivity contribution in [1.29, 1.82) is 0 Å². The molecule has 2 heterocycles. The second-order valence-electron chi connectivity index (χ2n) is 5.46. The number of H-pyrrole nitrogens is 1. The first-order valence-electron chi connectivity index (χ1n) is 6.93. The fourth-order valence-electron chi connectivity index (χ4n) is 2.49. The van der Waals surface area contributed by atoms with E-state index in [4.69, 9.17) is 5.73 Å². The minimum absolute atomic E-state index is 0.385. The number of imidazole rings is 1. The van der Waals surface area contributed by atoms with Gasteiger partial charge in [0.1, 0.15) is 5.82 Å². The average Bonchev–Trinajstić information content (AvgIpc) is 3.05. The van der Waals surface area contributed by atoms with Crippen LogP contribution in [-0.2, 0) is 5.54 Å². The van der Waals surface area contributed by atoms with Crippen LogP contribution in [0.4, 0.5) is 0 Å². The van der Waals surface area contributed by atoms with Crippen LogP contribution >= 0.6 is 11.3 Å². The van der Waals surface area contributed by atoms with E-state index in [2.05, 4.69) is 47.2 Å². The summed E-state index contributed by atoms with van der Waals surface area (Å²) in [4.78, 5) is 9.07. The quantitative estimate of drug-likeness (QED) is 0.752. The van der Waals surface area contributed by atoms with E-state index in [0.29, 0.717) is 0 Å². The van der Waals surface area contributed by atoms with Gasteiger partial charge < -0.3 is 10.7 Å². The third-order valence-corrected chi connectivity index (χ3v) is 4.73. The maximum Gasteiger partial charge on any atom is 0.126 e. The second-order valence-corrected chi connectivity index (χ2v) is 6.55. The molecule has 0 aliphatic rings. The average molecular weight is 285 g/mol. The SMILES string of the molecule is CCCC(C)(N)c1ncc(-c2cc3ccccc3s2)[nH]1. The van der Waals surface area contributed by atoms with Crippen molar-refractivity contribution in [2.45, 2.75) is 32.2 Å². The lowest BCUT2D eigenvalue weighted by Crippen LogP contribution is -2.34. The lowest BCUT2D eigenvalue weighted by Gasteiger charge is -2.20. The summed E-state index contributed by atoms with van der Waals surface area (Å²) in [6.07, 6.45) is 3.86. The Hall–Kier alpha value is -1.65. The predicted molar refractivity (Wildman–Crippen MR) is 85.9 cm³/mol. The van der Waals surface area contributed by atoms with E-state index < -0.39 is 0 Å². The largest absolute Gasteiger partial charge is 0.340 e. The van der Waals surface area contributed by atoms with Crippen molar-refractivity contribution < 1.29 is 0 Å². The van der Waals surface area contributed by atoms with E-state index in [1.165, 1.54) is 15.0 Å². The monoisotopic (exact) mass is 285 g/mol. The van der Waals surface area contributed by atoms with Gasteiger partial charge >= 0.3 is 0 Å². The van der Waals surface area contributed by atoms with Crippen molar-refractivity contribution in [2.75, 3.05) is 0 Å². The molecule has 3 N–H and O–H groups in total. The van der Waals surface area contributed by atoms with Crippen LogP contribution in [0.25, 0.3) is 20.7 Å². The number of benzene rings is 1. The molecule has 0 aliphatic heterocycles. The molecule has 1 unspecified atom stereocenters. The van der Waals surface area contributed by atoms with Gasteiger partial charge in [0.15, 0.2) is 0 Å². The van der Waals surface area contributed by atoms with E-state index in [1.54, 1.807) is 11.3 Å². The van der Waals surface area contributed by atoms with Gasteiger partial charge in [0.2, 0.25) is 0 Å². The number of nitrogens with one attached hydrogen (secondary N) is 1. The molecule has 2 aromatic heterocycles. The normalized spacial score (nSPS) is 14.6. The summed E-state index contributed by atoms with van der Waals surface area (Å²) in [7, 11) is 0. The van der Waals surface area contributed by atoms with E-state index in [9.17, 15) is 0 Å². The summed E-state index contributed by atoms with van der Waals surface area (Å²) < 4.78 is 1.29. The minimum atomic E-state index is -0.385. The highest BCUT2D eigenvalue weighted by atomic mass is 32.1. The van der Waals surface area contributed by atoms with E-state index in [-0.39, 0.29) is 5.54 Å². The van der Waals surface area contributed by atoms with Crippen LogP contribution in [0.2, 0.25) is 0 Å². The first kappa shape index (κ1) is 13.3. The predicted octanol–water partition coefficient (Wildman–Crippen LogP) is 4.27. The van der Waals surface area contributed by atoms with Gasteiger partial charge in [-0.3, -0.25) is 0 Å². The van der Waals surface area contributed by atoms with Crippen LogP contribution in [0.3, 0.4) is 0 Å². The summed E-state index contributed by atoms with van der Waals surface area (Å²) in [6.45, 7) is 4.17. The molecule has 0 radical (unpaired) electrons. The van der Waals surface area contributed by atoms with Gasteiger partial charge in [-0.05, 0) is 30.9 Å². The first-order valence-corrected chi connectivity index (χ1v) is 7.75. The highest BCUT2D eigenvalue weighted by Gasteiger charge is 2.23. The van der Waals surface area contributed by atoms with Crippen molar-refractivity contribution in [1.82, 2.24) is 9.97 Å². The zero-order chi connectivity index (χ0) is 14.2. The number of rotatable bonds is 4. The third-order valence-electron chi connectivity index (χ3n) is 3.58. The Morgan fingerprint density at radius 1 is 1.35 bits per heavy atom. The molecule has 20 heavy (non-hydrogen) atoms. The van der Waals surface area contributed by atoms with Gasteiger partial charge in [0, 0.05) is 4.70 Å². The zero-order valence-corrected chi connectivity index (χ0v) is 12.6. The number of nitrogens with two attached hydrogens (primary N) is 1. The molecule has 3 nitrogen and oxygen atoms in total. The Morgan fingerprint density at radius 2 is 2.15 bits per heavy atom. The minimum Gasteiger partial charge on any atom is -0.340 e.